The number of imide groups is 1. The molecule has 1 N–H and O–H groups in total. The van der Waals surface area contributed by atoms with E-state index in [0.29, 0.717) is 29.3 Å². The molecule has 2 aliphatic rings. The Morgan fingerprint density at radius 3 is 2.76 bits per heavy atom. The quantitative estimate of drug-likeness (QED) is 0.817. The second-order valence-electron chi connectivity index (χ2n) is 6.13. The topological polar surface area (TPSA) is 75.7 Å². The molecule has 25 heavy (non-hydrogen) atoms. The number of para-hydroxylation sites is 2. The molecule has 1 aliphatic carbocycles. The van der Waals surface area contributed by atoms with Gasteiger partial charge in [-0.3, -0.25) is 19.3 Å². The van der Waals surface area contributed by atoms with Gasteiger partial charge in [-0.1, -0.05) is 29.8 Å². The van der Waals surface area contributed by atoms with Gasteiger partial charge >= 0.3 is 0 Å². The largest absolute Gasteiger partial charge is 0.495 e. The molecule has 1 aromatic rings. The highest BCUT2D eigenvalue weighted by molar-refractivity contribution is 6.30. The Bertz CT molecular complexity index is 746. The summed E-state index contributed by atoms with van der Waals surface area (Å²) in [6.45, 7) is 0.0727. The van der Waals surface area contributed by atoms with Gasteiger partial charge in [0, 0.05) is 18.0 Å². The zero-order valence-corrected chi connectivity index (χ0v) is 14.6. The van der Waals surface area contributed by atoms with Crippen molar-refractivity contribution in [2.24, 2.45) is 11.8 Å². The van der Waals surface area contributed by atoms with Crippen LogP contribution in [0.1, 0.15) is 19.3 Å². The molecule has 0 aromatic heterocycles. The van der Waals surface area contributed by atoms with Crippen molar-refractivity contribution in [1.82, 2.24) is 4.90 Å². The van der Waals surface area contributed by atoms with Gasteiger partial charge in [0.05, 0.1) is 24.6 Å². The molecule has 1 aliphatic heterocycles. The van der Waals surface area contributed by atoms with Gasteiger partial charge in [0.15, 0.2) is 0 Å². The highest BCUT2D eigenvalue weighted by atomic mass is 35.5. The summed E-state index contributed by atoms with van der Waals surface area (Å²) in [4.78, 5) is 38.2. The van der Waals surface area contributed by atoms with Crippen LogP contribution in [0.5, 0.6) is 5.75 Å². The predicted molar refractivity (Wildman–Crippen MR) is 93.1 cm³/mol. The Balaban J connectivity index is 1.59. The number of allylic oxidation sites excluding steroid dienone is 2. The number of carbonyl (C=O) groups excluding carboxylic acids is 3. The fourth-order valence-electron chi connectivity index (χ4n) is 3.29. The fourth-order valence-corrected chi connectivity index (χ4v) is 3.55. The molecule has 2 atom stereocenters. The molecule has 7 heteroatoms. The first kappa shape index (κ1) is 17.5. The van der Waals surface area contributed by atoms with E-state index in [0.717, 1.165) is 0 Å². The number of ether oxygens (including phenoxy) is 1. The van der Waals surface area contributed by atoms with Gasteiger partial charge < -0.3 is 10.1 Å². The van der Waals surface area contributed by atoms with Crippen molar-refractivity contribution < 1.29 is 19.1 Å². The molecule has 3 rings (SSSR count). The minimum Gasteiger partial charge on any atom is -0.495 e. The summed E-state index contributed by atoms with van der Waals surface area (Å²) < 4.78 is 5.18. The number of benzene rings is 1. The number of carbonyl (C=O) groups is 3. The molecule has 3 amide bonds. The minimum atomic E-state index is -0.387. The van der Waals surface area contributed by atoms with Crippen LogP contribution in [0.2, 0.25) is 0 Å². The maximum Gasteiger partial charge on any atom is 0.233 e. The SMILES string of the molecule is COc1ccccc1NC(=O)CCN1C(=O)[C@H]2CC=C(Cl)C[C@@H]2C1=O. The standard InChI is InChI=1S/C18H19ClN2O4/c1-25-15-5-3-2-4-14(15)20-16(22)8-9-21-17(23)12-7-6-11(19)10-13(12)18(21)24/h2-6,12-13H,7-10H2,1H3,(H,20,22)/t12-,13-/m0/s1. The second kappa shape index (κ2) is 7.27. The smallest absolute Gasteiger partial charge is 0.233 e. The molecule has 1 aromatic carbocycles. The molecule has 0 radical (unpaired) electrons. The van der Waals surface area contributed by atoms with Gasteiger partial charge in [-0.2, -0.15) is 0 Å². The minimum absolute atomic E-state index is 0.0378. The van der Waals surface area contributed by atoms with E-state index in [-0.39, 0.29) is 42.5 Å². The third-order valence-corrected chi connectivity index (χ3v) is 4.91. The van der Waals surface area contributed by atoms with E-state index in [9.17, 15) is 14.4 Å². The number of fused-ring (bicyclic) bond motifs is 1. The van der Waals surface area contributed by atoms with Crippen molar-refractivity contribution in [2.45, 2.75) is 19.3 Å². The maximum atomic E-state index is 12.4. The van der Waals surface area contributed by atoms with E-state index in [4.69, 9.17) is 16.3 Å². The van der Waals surface area contributed by atoms with E-state index < -0.39 is 0 Å². The highest BCUT2D eigenvalue weighted by Gasteiger charge is 2.48. The van der Waals surface area contributed by atoms with Crippen LogP contribution in [0.3, 0.4) is 0 Å². The number of rotatable bonds is 5. The first-order chi connectivity index (χ1) is 12.0. The Morgan fingerprint density at radius 1 is 1.28 bits per heavy atom. The van der Waals surface area contributed by atoms with Crippen LogP contribution < -0.4 is 10.1 Å². The zero-order valence-electron chi connectivity index (χ0n) is 13.8. The number of amides is 3. The van der Waals surface area contributed by atoms with Gasteiger partial charge in [0.25, 0.3) is 0 Å². The number of methoxy groups -OCH3 is 1. The summed E-state index contributed by atoms with van der Waals surface area (Å²) in [6.07, 6.45) is 2.72. The Hall–Kier alpha value is -2.34. The lowest BCUT2D eigenvalue weighted by atomic mass is 9.85. The molecule has 0 bridgehead atoms. The number of nitrogens with zero attached hydrogens (tertiary/aromatic N) is 1. The molecule has 6 nitrogen and oxygen atoms in total. The van der Waals surface area contributed by atoms with Crippen LogP contribution in [0, 0.1) is 11.8 Å². The van der Waals surface area contributed by atoms with E-state index >= 15 is 0 Å². The van der Waals surface area contributed by atoms with Crippen molar-refractivity contribution in [3.05, 3.63) is 35.4 Å². The molecule has 132 valence electrons. The highest BCUT2D eigenvalue weighted by Crippen LogP contribution is 2.38. The molecule has 1 fully saturated rings. The number of hydrogen-bond donors (Lipinski definition) is 1. The zero-order chi connectivity index (χ0) is 18.0. The van der Waals surface area contributed by atoms with Gasteiger partial charge in [0.2, 0.25) is 17.7 Å². The van der Waals surface area contributed by atoms with Crippen molar-refractivity contribution in [3.8, 4) is 5.75 Å². The molecular formula is C18H19ClN2O4. The number of halogens is 1. The van der Waals surface area contributed by atoms with Crippen LogP contribution in [0.4, 0.5) is 5.69 Å². The van der Waals surface area contributed by atoms with Crippen molar-refractivity contribution in [3.63, 3.8) is 0 Å². The number of nitrogens with one attached hydrogen (secondary N) is 1. The van der Waals surface area contributed by atoms with Crippen molar-refractivity contribution in [2.75, 3.05) is 19.0 Å². The summed E-state index contributed by atoms with van der Waals surface area (Å²) in [7, 11) is 1.52. The first-order valence-corrected chi connectivity index (χ1v) is 8.51. The Kier molecular flexibility index (Phi) is 5.08. The fraction of sp³-hybridized carbons (Fsp3) is 0.389. The van der Waals surface area contributed by atoms with Crippen LogP contribution in [0.15, 0.2) is 35.4 Å². The van der Waals surface area contributed by atoms with Crippen LogP contribution in [0.25, 0.3) is 0 Å². The molecule has 0 saturated carbocycles. The lowest BCUT2D eigenvalue weighted by molar-refractivity contribution is -0.140. The lowest BCUT2D eigenvalue weighted by Crippen LogP contribution is -2.34. The summed E-state index contributed by atoms with van der Waals surface area (Å²) in [6, 6.07) is 7.06. The maximum absolute atomic E-state index is 12.4. The van der Waals surface area contributed by atoms with E-state index in [2.05, 4.69) is 5.32 Å². The third kappa shape index (κ3) is 3.54. The lowest BCUT2D eigenvalue weighted by Gasteiger charge is -2.17. The first-order valence-electron chi connectivity index (χ1n) is 8.14. The average Bonchev–Trinajstić information content (AvgIpc) is 2.84. The van der Waals surface area contributed by atoms with Crippen LogP contribution in [-0.4, -0.2) is 36.3 Å². The Morgan fingerprint density at radius 2 is 2.00 bits per heavy atom. The van der Waals surface area contributed by atoms with Crippen LogP contribution in [-0.2, 0) is 14.4 Å². The predicted octanol–water partition coefficient (Wildman–Crippen LogP) is 2.54. The summed E-state index contributed by atoms with van der Waals surface area (Å²) >= 11 is 5.99. The van der Waals surface area contributed by atoms with Gasteiger partial charge in [0.1, 0.15) is 5.75 Å². The van der Waals surface area contributed by atoms with Crippen LogP contribution >= 0.6 is 11.6 Å². The number of hydrogen-bond acceptors (Lipinski definition) is 4. The average molecular weight is 363 g/mol. The summed E-state index contributed by atoms with van der Waals surface area (Å²) in [5.41, 5.74) is 0.554. The summed E-state index contributed by atoms with van der Waals surface area (Å²) in [5, 5.41) is 3.36. The molecular weight excluding hydrogens is 344 g/mol. The molecule has 1 saturated heterocycles. The normalized spacial score (nSPS) is 22.5. The summed E-state index contributed by atoms with van der Waals surface area (Å²) in [5.74, 6) is -0.895. The molecule has 1 heterocycles. The van der Waals surface area contributed by atoms with E-state index in [1.807, 2.05) is 0 Å². The second-order valence-corrected chi connectivity index (χ2v) is 6.62. The number of likely N-dealkylation sites (tertiary alicyclic amines) is 1. The van der Waals surface area contributed by atoms with Gasteiger partial charge in [-0.25, -0.2) is 0 Å². The van der Waals surface area contributed by atoms with Crippen molar-refractivity contribution in [1.29, 1.82) is 0 Å². The Labute approximate surface area is 150 Å². The van der Waals surface area contributed by atoms with E-state index in [1.165, 1.54) is 12.0 Å². The monoisotopic (exact) mass is 362 g/mol. The number of anilines is 1. The third-order valence-electron chi connectivity index (χ3n) is 4.60. The van der Waals surface area contributed by atoms with E-state index in [1.54, 1.807) is 30.3 Å². The van der Waals surface area contributed by atoms with Gasteiger partial charge in [-0.05, 0) is 25.0 Å². The van der Waals surface area contributed by atoms with Crippen molar-refractivity contribution >= 4 is 35.0 Å². The van der Waals surface area contributed by atoms with Gasteiger partial charge in [-0.15, -0.1) is 0 Å². The molecule has 0 spiro atoms. The molecule has 0 unspecified atom stereocenters.